The standard InChI is InChI=1S/C8H14O3S/c1-8(2,6-9)3-7-4-12(10,11)5-7/h6-7H,3-5H2,1-2H3. The molecular weight excluding hydrogens is 176 g/mol. The Morgan fingerprint density at radius 1 is 1.42 bits per heavy atom. The second-order valence-electron chi connectivity index (χ2n) is 4.25. The Bertz CT molecular complexity index is 265. The van der Waals surface area contributed by atoms with Crippen molar-refractivity contribution in [2.75, 3.05) is 11.5 Å². The lowest BCUT2D eigenvalue weighted by molar-refractivity contribution is -0.115. The number of aldehydes is 1. The van der Waals surface area contributed by atoms with Crippen molar-refractivity contribution in [3.05, 3.63) is 0 Å². The van der Waals surface area contributed by atoms with E-state index in [1.807, 2.05) is 13.8 Å². The molecule has 0 atom stereocenters. The molecule has 1 aliphatic rings. The molecule has 0 aromatic rings. The first-order valence-corrected chi connectivity index (χ1v) is 5.83. The molecule has 0 unspecified atom stereocenters. The first-order chi connectivity index (χ1) is 5.35. The number of carbonyl (C=O) groups excluding carboxylic acids is 1. The summed E-state index contributed by atoms with van der Waals surface area (Å²) < 4.78 is 21.6. The average molecular weight is 190 g/mol. The van der Waals surface area contributed by atoms with E-state index in [2.05, 4.69) is 0 Å². The van der Waals surface area contributed by atoms with Crippen LogP contribution in [0.5, 0.6) is 0 Å². The zero-order valence-electron chi connectivity index (χ0n) is 7.41. The zero-order chi connectivity index (χ0) is 9.41. The van der Waals surface area contributed by atoms with Crippen LogP contribution in [0.2, 0.25) is 0 Å². The molecule has 0 saturated carbocycles. The highest BCUT2D eigenvalue weighted by Crippen LogP contribution is 2.30. The van der Waals surface area contributed by atoms with Gasteiger partial charge in [-0.05, 0) is 12.3 Å². The largest absolute Gasteiger partial charge is 0.303 e. The first-order valence-electron chi connectivity index (χ1n) is 4.01. The molecule has 1 rings (SSSR count). The van der Waals surface area contributed by atoms with Crippen LogP contribution in [0.3, 0.4) is 0 Å². The third-order valence-electron chi connectivity index (χ3n) is 2.11. The average Bonchev–Trinajstić information content (AvgIpc) is 1.83. The molecule has 70 valence electrons. The van der Waals surface area contributed by atoms with Gasteiger partial charge in [-0.25, -0.2) is 8.42 Å². The van der Waals surface area contributed by atoms with Gasteiger partial charge in [-0.1, -0.05) is 13.8 Å². The summed E-state index contributed by atoms with van der Waals surface area (Å²) >= 11 is 0. The fraction of sp³-hybridized carbons (Fsp3) is 0.875. The molecule has 0 N–H and O–H groups in total. The molecule has 0 spiro atoms. The molecule has 0 radical (unpaired) electrons. The van der Waals surface area contributed by atoms with Gasteiger partial charge in [0.15, 0.2) is 9.84 Å². The molecule has 0 aliphatic carbocycles. The monoisotopic (exact) mass is 190 g/mol. The van der Waals surface area contributed by atoms with Crippen LogP contribution in [0, 0.1) is 11.3 Å². The minimum atomic E-state index is -2.73. The number of carbonyl (C=O) groups is 1. The Morgan fingerprint density at radius 3 is 2.25 bits per heavy atom. The molecule has 1 fully saturated rings. The van der Waals surface area contributed by atoms with E-state index in [1.165, 1.54) is 0 Å². The smallest absolute Gasteiger partial charge is 0.150 e. The Labute approximate surface area is 73.1 Å². The topological polar surface area (TPSA) is 51.2 Å². The number of rotatable bonds is 3. The van der Waals surface area contributed by atoms with Crippen LogP contribution in [0.4, 0.5) is 0 Å². The maximum absolute atomic E-state index is 10.8. The Kier molecular flexibility index (Phi) is 2.29. The maximum Gasteiger partial charge on any atom is 0.150 e. The fourth-order valence-electron chi connectivity index (χ4n) is 1.58. The van der Waals surface area contributed by atoms with Gasteiger partial charge < -0.3 is 4.79 Å². The van der Waals surface area contributed by atoms with Crippen LogP contribution in [-0.2, 0) is 14.6 Å². The summed E-state index contributed by atoms with van der Waals surface area (Å²) in [6.45, 7) is 3.68. The van der Waals surface area contributed by atoms with Crippen LogP contribution in [0.15, 0.2) is 0 Å². The SMILES string of the molecule is CC(C)(C=O)CC1CS(=O)(=O)C1. The number of hydrogen-bond acceptors (Lipinski definition) is 3. The second-order valence-corrected chi connectivity index (χ2v) is 6.41. The lowest BCUT2D eigenvalue weighted by Crippen LogP contribution is -2.39. The maximum atomic E-state index is 10.8. The zero-order valence-corrected chi connectivity index (χ0v) is 8.23. The van der Waals surface area contributed by atoms with E-state index in [1.54, 1.807) is 0 Å². The van der Waals surface area contributed by atoms with Crippen molar-refractivity contribution in [3.8, 4) is 0 Å². The van der Waals surface area contributed by atoms with E-state index in [9.17, 15) is 13.2 Å². The number of hydrogen-bond donors (Lipinski definition) is 0. The van der Waals surface area contributed by atoms with Crippen LogP contribution in [0.25, 0.3) is 0 Å². The Hall–Kier alpha value is -0.380. The lowest BCUT2D eigenvalue weighted by Gasteiger charge is -2.30. The summed E-state index contributed by atoms with van der Waals surface area (Å²) in [5.74, 6) is 0.740. The van der Waals surface area contributed by atoms with Gasteiger partial charge in [0.1, 0.15) is 6.29 Å². The molecule has 1 heterocycles. The van der Waals surface area contributed by atoms with E-state index >= 15 is 0 Å². The summed E-state index contributed by atoms with van der Waals surface area (Å²) in [7, 11) is -2.73. The van der Waals surface area contributed by atoms with Crippen molar-refractivity contribution in [2.45, 2.75) is 20.3 Å². The van der Waals surface area contributed by atoms with E-state index in [-0.39, 0.29) is 22.8 Å². The normalized spacial score (nSPS) is 23.2. The molecule has 3 nitrogen and oxygen atoms in total. The minimum absolute atomic E-state index is 0.204. The predicted molar refractivity (Wildman–Crippen MR) is 46.6 cm³/mol. The summed E-state index contributed by atoms with van der Waals surface area (Å²) in [5, 5.41) is 0. The quantitative estimate of drug-likeness (QED) is 0.614. The van der Waals surface area contributed by atoms with Gasteiger partial charge in [-0.3, -0.25) is 0 Å². The van der Waals surface area contributed by atoms with Crippen LogP contribution < -0.4 is 0 Å². The summed E-state index contributed by atoms with van der Waals surface area (Å²) in [4.78, 5) is 10.5. The van der Waals surface area contributed by atoms with Gasteiger partial charge in [-0.15, -0.1) is 0 Å². The Morgan fingerprint density at radius 2 is 1.92 bits per heavy atom. The van der Waals surface area contributed by atoms with Crippen molar-refractivity contribution in [1.29, 1.82) is 0 Å². The van der Waals surface area contributed by atoms with Crippen LogP contribution in [0.1, 0.15) is 20.3 Å². The fourth-order valence-corrected chi connectivity index (χ4v) is 3.15. The highest BCUT2D eigenvalue weighted by molar-refractivity contribution is 7.92. The predicted octanol–water partition coefficient (Wildman–Crippen LogP) is 0.646. The van der Waals surface area contributed by atoms with Gasteiger partial charge in [0.25, 0.3) is 0 Å². The van der Waals surface area contributed by atoms with Gasteiger partial charge in [0.05, 0.1) is 11.5 Å². The summed E-state index contributed by atoms with van der Waals surface area (Å²) in [5.41, 5.74) is -0.361. The van der Waals surface area contributed by atoms with Crippen molar-refractivity contribution in [1.82, 2.24) is 0 Å². The van der Waals surface area contributed by atoms with Crippen LogP contribution >= 0.6 is 0 Å². The van der Waals surface area contributed by atoms with Crippen LogP contribution in [-0.4, -0.2) is 26.2 Å². The van der Waals surface area contributed by atoms with E-state index in [4.69, 9.17) is 0 Å². The van der Waals surface area contributed by atoms with Crippen molar-refractivity contribution in [3.63, 3.8) is 0 Å². The Balaban J connectivity index is 2.42. The molecule has 0 aromatic carbocycles. The molecule has 1 saturated heterocycles. The van der Waals surface area contributed by atoms with Crippen molar-refractivity contribution >= 4 is 16.1 Å². The summed E-state index contributed by atoms with van der Waals surface area (Å²) in [6, 6.07) is 0. The van der Waals surface area contributed by atoms with Gasteiger partial charge in [0, 0.05) is 5.41 Å². The molecule has 1 aliphatic heterocycles. The third kappa shape index (κ3) is 2.30. The molecule has 0 bridgehead atoms. The molecular formula is C8H14O3S. The van der Waals surface area contributed by atoms with Gasteiger partial charge in [0.2, 0.25) is 0 Å². The molecule has 0 aromatic heterocycles. The van der Waals surface area contributed by atoms with Crippen molar-refractivity contribution < 1.29 is 13.2 Å². The van der Waals surface area contributed by atoms with E-state index in [0.29, 0.717) is 6.42 Å². The highest BCUT2D eigenvalue weighted by atomic mass is 32.2. The minimum Gasteiger partial charge on any atom is -0.303 e. The molecule has 4 heteroatoms. The van der Waals surface area contributed by atoms with E-state index in [0.717, 1.165) is 6.29 Å². The second kappa shape index (κ2) is 2.83. The highest BCUT2D eigenvalue weighted by Gasteiger charge is 2.36. The van der Waals surface area contributed by atoms with Gasteiger partial charge in [-0.2, -0.15) is 0 Å². The van der Waals surface area contributed by atoms with Crippen molar-refractivity contribution in [2.24, 2.45) is 11.3 Å². The first kappa shape index (κ1) is 9.71. The third-order valence-corrected chi connectivity index (χ3v) is 4.07. The lowest BCUT2D eigenvalue weighted by atomic mass is 9.85. The number of sulfone groups is 1. The van der Waals surface area contributed by atoms with E-state index < -0.39 is 9.84 Å². The van der Waals surface area contributed by atoms with Gasteiger partial charge >= 0.3 is 0 Å². The summed E-state index contributed by atoms with van der Waals surface area (Å²) in [6.07, 6.45) is 1.59. The molecule has 0 amide bonds. The molecule has 12 heavy (non-hydrogen) atoms.